The van der Waals surface area contributed by atoms with Gasteiger partial charge in [-0.25, -0.2) is 4.57 Å². The maximum absolute atomic E-state index is 12.6. The Morgan fingerprint density at radius 3 is 1.41 bits per heavy atom. The van der Waals surface area contributed by atoms with Crippen LogP contribution in [0.15, 0.2) is 85.1 Å². The minimum atomic E-state index is -4.41. The molecule has 0 amide bonds. The third-order valence-corrected chi connectivity index (χ3v) is 10.8. The highest BCUT2D eigenvalue weighted by Gasteiger charge is 2.25. The molecule has 0 bridgehead atoms. The highest BCUT2D eigenvalue weighted by Crippen LogP contribution is 2.43. The fraction of sp³-hybridized carbons (Fsp3) is 0.686. The van der Waals surface area contributed by atoms with E-state index in [0.717, 1.165) is 57.8 Å². The number of esters is 2. The molecule has 0 aromatic carbocycles. The van der Waals surface area contributed by atoms with Gasteiger partial charge in [-0.05, 0) is 77.0 Å². The van der Waals surface area contributed by atoms with Gasteiger partial charge in [0, 0.05) is 19.4 Å². The van der Waals surface area contributed by atoms with E-state index in [1.807, 2.05) is 12.2 Å². The SMILES string of the molecule is CCC=CCC=CCC=CCC=CCC=CCC=CCCC(=O)OC(COC(=O)CCCCCCCCCCCCCC=CCCCCCCCC)COP(=O)(O)OCCN. The zero-order valence-electron chi connectivity index (χ0n) is 38.6. The van der Waals surface area contributed by atoms with Crippen LogP contribution in [0.5, 0.6) is 0 Å². The van der Waals surface area contributed by atoms with E-state index in [0.29, 0.717) is 6.42 Å². The topological polar surface area (TPSA) is 134 Å². The number of nitrogens with two attached hydrogens (primary N) is 1. The number of phosphoric ester groups is 1. The van der Waals surface area contributed by atoms with Crippen molar-refractivity contribution < 1.29 is 37.6 Å². The number of rotatable bonds is 44. The van der Waals surface area contributed by atoms with Crippen molar-refractivity contribution in [2.75, 3.05) is 26.4 Å². The maximum atomic E-state index is 12.6. The molecule has 0 saturated carbocycles. The van der Waals surface area contributed by atoms with Crippen LogP contribution in [0.4, 0.5) is 0 Å². The average Bonchev–Trinajstić information content (AvgIpc) is 3.25. The first-order valence-corrected chi connectivity index (χ1v) is 25.6. The van der Waals surface area contributed by atoms with Gasteiger partial charge in [0.05, 0.1) is 13.2 Å². The van der Waals surface area contributed by atoms with Gasteiger partial charge in [0.2, 0.25) is 0 Å². The molecule has 0 aliphatic heterocycles. The molecule has 0 aliphatic carbocycles. The number of carbonyl (C=O) groups excluding carboxylic acids is 2. The second-order valence-corrected chi connectivity index (χ2v) is 17.0. The number of ether oxygens (including phenoxy) is 2. The lowest BCUT2D eigenvalue weighted by molar-refractivity contribution is -0.161. The molecule has 350 valence electrons. The highest BCUT2D eigenvalue weighted by atomic mass is 31.2. The van der Waals surface area contributed by atoms with Crippen LogP contribution >= 0.6 is 7.82 Å². The molecule has 0 aromatic heterocycles. The van der Waals surface area contributed by atoms with Gasteiger partial charge in [0.1, 0.15) is 6.61 Å². The second kappa shape index (κ2) is 46.7. The summed E-state index contributed by atoms with van der Waals surface area (Å²) in [5, 5.41) is 0. The number of carbonyl (C=O) groups is 2. The van der Waals surface area contributed by atoms with Crippen LogP contribution in [-0.2, 0) is 32.7 Å². The third-order valence-electron chi connectivity index (χ3n) is 9.78. The molecule has 10 heteroatoms. The van der Waals surface area contributed by atoms with Crippen LogP contribution in [0.25, 0.3) is 0 Å². The van der Waals surface area contributed by atoms with Crippen molar-refractivity contribution in [3.8, 4) is 0 Å². The quantitative estimate of drug-likeness (QED) is 0.0265. The summed E-state index contributed by atoms with van der Waals surface area (Å²) in [5.74, 6) is -0.930. The van der Waals surface area contributed by atoms with Gasteiger partial charge in [-0.1, -0.05) is 189 Å². The predicted molar refractivity (Wildman–Crippen MR) is 256 cm³/mol. The van der Waals surface area contributed by atoms with Crippen molar-refractivity contribution in [2.24, 2.45) is 5.73 Å². The minimum Gasteiger partial charge on any atom is -0.462 e. The molecule has 3 N–H and O–H groups in total. The number of hydrogen-bond acceptors (Lipinski definition) is 8. The van der Waals surface area contributed by atoms with Gasteiger partial charge in [-0.15, -0.1) is 0 Å². The Morgan fingerprint density at radius 1 is 0.508 bits per heavy atom. The van der Waals surface area contributed by atoms with E-state index in [2.05, 4.69) is 86.8 Å². The van der Waals surface area contributed by atoms with Crippen LogP contribution in [-0.4, -0.2) is 49.3 Å². The van der Waals surface area contributed by atoms with Crippen molar-refractivity contribution in [1.29, 1.82) is 0 Å². The van der Waals surface area contributed by atoms with Gasteiger partial charge in [0.15, 0.2) is 6.10 Å². The van der Waals surface area contributed by atoms with Crippen molar-refractivity contribution in [1.82, 2.24) is 0 Å². The van der Waals surface area contributed by atoms with Crippen LogP contribution in [0, 0.1) is 0 Å². The Hall–Kier alpha value is -2.81. The van der Waals surface area contributed by atoms with Crippen molar-refractivity contribution in [3.63, 3.8) is 0 Å². The summed E-state index contributed by atoms with van der Waals surface area (Å²) in [6.45, 7) is 3.53. The molecule has 9 nitrogen and oxygen atoms in total. The fourth-order valence-electron chi connectivity index (χ4n) is 6.24. The summed E-state index contributed by atoms with van der Waals surface area (Å²) < 4.78 is 32.8. The van der Waals surface area contributed by atoms with Crippen molar-refractivity contribution in [2.45, 2.75) is 200 Å². The molecule has 0 aromatic rings. The smallest absolute Gasteiger partial charge is 0.462 e. The van der Waals surface area contributed by atoms with Crippen LogP contribution in [0.1, 0.15) is 194 Å². The molecule has 0 rings (SSSR count). The molecule has 2 unspecified atom stereocenters. The van der Waals surface area contributed by atoms with E-state index in [4.69, 9.17) is 24.3 Å². The lowest BCUT2D eigenvalue weighted by atomic mass is 10.0. The third kappa shape index (κ3) is 46.5. The standard InChI is InChI=1S/C51H88NO8P/c1-3-5-7-9-11-13-15-17-19-21-23-24-26-27-29-31-33-35-37-39-41-43-50(53)57-47-49(48-59-61(55,56)58-46-45-52)60-51(54)44-42-40-38-36-34-32-30-28-25-22-20-18-16-14-12-10-8-6-4-2/h6,8,12,14,17-20,25,28,32,34,38,40,49H,3-5,7,9-11,13,15-16,21-24,26-27,29-31,33,35-37,39,41-48,52H2,1-2H3,(H,55,56). The zero-order valence-corrected chi connectivity index (χ0v) is 39.5. The lowest BCUT2D eigenvalue weighted by Crippen LogP contribution is -2.29. The number of allylic oxidation sites excluding steroid dienone is 14. The summed E-state index contributed by atoms with van der Waals surface area (Å²) in [5.41, 5.74) is 5.35. The summed E-state index contributed by atoms with van der Waals surface area (Å²) in [6, 6.07) is 0. The summed E-state index contributed by atoms with van der Waals surface area (Å²) in [4.78, 5) is 34.9. The molecule has 0 saturated heterocycles. The Bertz CT molecular complexity index is 1270. The maximum Gasteiger partial charge on any atom is 0.472 e. The van der Waals surface area contributed by atoms with Crippen molar-refractivity contribution in [3.05, 3.63) is 85.1 Å². The second-order valence-electron chi connectivity index (χ2n) is 15.6. The van der Waals surface area contributed by atoms with E-state index in [1.165, 1.54) is 103 Å². The van der Waals surface area contributed by atoms with Crippen LogP contribution in [0.2, 0.25) is 0 Å². The Labute approximate surface area is 373 Å². The number of hydrogen-bond donors (Lipinski definition) is 2. The summed E-state index contributed by atoms with van der Waals surface area (Å²) in [6.07, 6.45) is 59.2. The van der Waals surface area contributed by atoms with E-state index in [1.54, 1.807) is 0 Å². The van der Waals surface area contributed by atoms with Crippen LogP contribution < -0.4 is 5.73 Å². The van der Waals surface area contributed by atoms with E-state index < -0.39 is 32.5 Å². The molecule has 61 heavy (non-hydrogen) atoms. The molecular weight excluding hydrogens is 786 g/mol. The Balaban J connectivity index is 4.20. The lowest BCUT2D eigenvalue weighted by Gasteiger charge is -2.19. The van der Waals surface area contributed by atoms with Gasteiger partial charge < -0.3 is 20.1 Å². The molecule has 0 spiro atoms. The predicted octanol–water partition coefficient (Wildman–Crippen LogP) is 14.4. The van der Waals surface area contributed by atoms with E-state index >= 15 is 0 Å². The minimum absolute atomic E-state index is 0.0381. The van der Waals surface area contributed by atoms with Gasteiger partial charge in [0.25, 0.3) is 0 Å². The zero-order chi connectivity index (χ0) is 44.6. The van der Waals surface area contributed by atoms with Gasteiger partial charge >= 0.3 is 19.8 Å². The number of unbranched alkanes of at least 4 members (excludes halogenated alkanes) is 17. The highest BCUT2D eigenvalue weighted by molar-refractivity contribution is 7.47. The van der Waals surface area contributed by atoms with Crippen LogP contribution in [0.3, 0.4) is 0 Å². The summed E-state index contributed by atoms with van der Waals surface area (Å²) in [7, 11) is -4.41. The Morgan fingerprint density at radius 2 is 0.934 bits per heavy atom. The summed E-state index contributed by atoms with van der Waals surface area (Å²) >= 11 is 0. The fourth-order valence-corrected chi connectivity index (χ4v) is 7.01. The molecule has 0 radical (unpaired) electrons. The molecule has 2 atom stereocenters. The molecular formula is C51H88NO8P. The first kappa shape index (κ1) is 58.2. The normalized spacial score (nSPS) is 14.0. The Kier molecular flexibility index (Phi) is 44.5. The number of phosphoric acid groups is 1. The average molecular weight is 874 g/mol. The molecule has 0 fully saturated rings. The first-order chi connectivity index (χ1) is 29.8. The largest absolute Gasteiger partial charge is 0.472 e. The van der Waals surface area contributed by atoms with E-state index in [-0.39, 0.29) is 32.6 Å². The monoisotopic (exact) mass is 874 g/mol. The van der Waals surface area contributed by atoms with Gasteiger partial charge in [-0.2, -0.15) is 0 Å². The van der Waals surface area contributed by atoms with Gasteiger partial charge in [-0.3, -0.25) is 18.6 Å². The van der Waals surface area contributed by atoms with E-state index in [9.17, 15) is 19.0 Å². The molecule has 0 aliphatic rings. The van der Waals surface area contributed by atoms with Crippen molar-refractivity contribution >= 4 is 19.8 Å². The molecule has 0 heterocycles. The first-order valence-electron chi connectivity index (χ1n) is 24.1.